The fraction of sp³-hybridized carbons (Fsp3) is 1.00. The Morgan fingerprint density at radius 1 is 1.71 bits per heavy atom. The maximum atomic E-state index is 11.6. The van der Waals surface area contributed by atoms with Crippen LogP contribution in [0, 0.1) is 0 Å². The van der Waals surface area contributed by atoms with Gasteiger partial charge < -0.3 is 5.11 Å². The van der Waals surface area contributed by atoms with Crippen molar-refractivity contribution in [2.45, 2.75) is 19.2 Å². The van der Waals surface area contributed by atoms with Gasteiger partial charge in [0, 0.05) is 0 Å². The molecular formula is C4H8F2O. The molecule has 0 saturated heterocycles. The number of aliphatic hydroxyl groups excluding tert-OH is 1. The van der Waals surface area contributed by atoms with Crippen LogP contribution in [0.25, 0.3) is 0 Å². The van der Waals surface area contributed by atoms with Gasteiger partial charge in [-0.2, -0.15) is 0 Å². The van der Waals surface area contributed by atoms with E-state index in [0.717, 1.165) is 6.92 Å². The van der Waals surface area contributed by atoms with Crippen molar-refractivity contribution < 1.29 is 13.9 Å². The lowest BCUT2D eigenvalue weighted by molar-refractivity contribution is 0.0654. The summed E-state index contributed by atoms with van der Waals surface area (Å²) in [6.45, 7) is 0.113. The standard InChI is InChI=1S/C4H8F2O/c1-3(6)4(7)2-5/h3-4,7H,2H2,1H3. The highest BCUT2D eigenvalue weighted by atomic mass is 19.1. The molecule has 0 aromatic heterocycles. The Labute approximate surface area is 41.0 Å². The van der Waals surface area contributed by atoms with Crippen LogP contribution in [0.5, 0.6) is 0 Å². The summed E-state index contributed by atoms with van der Waals surface area (Å²) in [7, 11) is 0. The second-order valence-electron chi connectivity index (χ2n) is 1.40. The summed E-state index contributed by atoms with van der Waals surface area (Å²) in [6, 6.07) is 0. The maximum absolute atomic E-state index is 11.6. The van der Waals surface area contributed by atoms with Crippen molar-refractivity contribution in [2.75, 3.05) is 6.67 Å². The van der Waals surface area contributed by atoms with Crippen LogP contribution >= 0.6 is 0 Å². The molecule has 0 spiro atoms. The third-order valence-electron chi connectivity index (χ3n) is 0.688. The van der Waals surface area contributed by atoms with E-state index >= 15 is 0 Å². The zero-order valence-electron chi connectivity index (χ0n) is 4.06. The van der Waals surface area contributed by atoms with E-state index in [0.29, 0.717) is 0 Å². The molecule has 0 bridgehead atoms. The van der Waals surface area contributed by atoms with Crippen LogP contribution in [0.2, 0.25) is 0 Å². The predicted molar refractivity (Wildman–Crippen MR) is 22.6 cm³/mol. The molecule has 0 amide bonds. The molecule has 0 aromatic carbocycles. The van der Waals surface area contributed by atoms with Crippen molar-refractivity contribution in [3.63, 3.8) is 0 Å². The smallest absolute Gasteiger partial charge is 0.126 e. The van der Waals surface area contributed by atoms with Gasteiger partial charge in [-0.15, -0.1) is 0 Å². The van der Waals surface area contributed by atoms with Gasteiger partial charge in [0.15, 0.2) is 0 Å². The molecule has 44 valence electrons. The SMILES string of the molecule is CC(F)C(O)CF. The van der Waals surface area contributed by atoms with Gasteiger partial charge in [0.25, 0.3) is 0 Å². The minimum atomic E-state index is -1.45. The summed E-state index contributed by atoms with van der Waals surface area (Å²) >= 11 is 0. The van der Waals surface area contributed by atoms with Crippen molar-refractivity contribution in [3.8, 4) is 0 Å². The first-order valence-electron chi connectivity index (χ1n) is 2.06. The lowest BCUT2D eigenvalue weighted by atomic mass is 10.3. The third-order valence-corrected chi connectivity index (χ3v) is 0.688. The molecule has 0 aliphatic carbocycles. The molecule has 0 radical (unpaired) electrons. The first-order chi connectivity index (χ1) is 3.18. The normalized spacial score (nSPS) is 18.9. The Balaban J connectivity index is 3.14. The lowest BCUT2D eigenvalue weighted by Crippen LogP contribution is -2.20. The fourth-order valence-corrected chi connectivity index (χ4v) is 0.123. The zero-order chi connectivity index (χ0) is 5.86. The molecular weight excluding hydrogens is 102 g/mol. The van der Waals surface area contributed by atoms with Gasteiger partial charge in [0.2, 0.25) is 0 Å². The third kappa shape index (κ3) is 2.51. The summed E-state index contributed by atoms with van der Waals surface area (Å²) in [5.41, 5.74) is 0. The van der Waals surface area contributed by atoms with Crippen molar-refractivity contribution in [1.82, 2.24) is 0 Å². The highest BCUT2D eigenvalue weighted by molar-refractivity contribution is 4.58. The number of aliphatic hydroxyl groups is 1. The van der Waals surface area contributed by atoms with Crippen LogP contribution in [-0.2, 0) is 0 Å². The van der Waals surface area contributed by atoms with Crippen LogP contribution in [0.15, 0.2) is 0 Å². The first kappa shape index (κ1) is 6.82. The van der Waals surface area contributed by atoms with Gasteiger partial charge in [0.05, 0.1) is 0 Å². The van der Waals surface area contributed by atoms with E-state index in [4.69, 9.17) is 5.11 Å². The number of hydrogen-bond acceptors (Lipinski definition) is 1. The van der Waals surface area contributed by atoms with Crippen LogP contribution in [0.1, 0.15) is 6.92 Å². The van der Waals surface area contributed by atoms with E-state index in [1.807, 2.05) is 0 Å². The second-order valence-corrected chi connectivity index (χ2v) is 1.40. The number of hydrogen-bond donors (Lipinski definition) is 1. The summed E-state index contributed by atoms with van der Waals surface area (Å²) < 4.78 is 22.8. The highest BCUT2D eigenvalue weighted by Gasteiger charge is 2.10. The molecule has 0 heterocycles. The Morgan fingerprint density at radius 3 is 2.14 bits per heavy atom. The molecule has 1 nitrogen and oxygen atoms in total. The molecule has 0 rings (SSSR count). The molecule has 0 saturated carbocycles. The second kappa shape index (κ2) is 2.91. The quantitative estimate of drug-likeness (QED) is 0.554. The molecule has 1 N–H and O–H groups in total. The Hall–Kier alpha value is -0.180. The number of alkyl halides is 2. The van der Waals surface area contributed by atoms with Crippen molar-refractivity contribution in [2.24, 2.45) is 0 Å². The zero-order valence-corrected chi connectivity index (χ0v) is 4.06. The average Bonchev–Trinajstić information content (AvgIpc) is 1.65. The van der Waals surface area contributed by atoms with Gasteiger partial charge in [-0.3, -0.25) is 0 Å². The predicted octanol–water partition coefficient (Wildman–Crippen LogP) is 0.675. The molecule has 0 aromatic rings. The van der Waals surface area contributed by atoms with E-state index < -0.39 is 19.0 Å². The number of rotatable bonds is 2. The van der Waals surface area contributed by atoms with Gasteiger partial charge in [-0.05, 0) is 6.92 Å². The van der Waals surface area contributed by atoms with Crippen molar-refractivity contribution in [1.29, 1.82) is 0 Å². The molecule has 2 atom stereocenters. The number of halogens is 2. The molecule has 0 fully saturated rings. The lowest BCUT2D eigenvalue weighted by Gasteiger charge is -2.03. The topological polar surface area (TPSA) is 20.2 Å². The van der Waals surface area contributed by atoms with E-state index in [2.05, 4.69) is 0 Å². The van der Waals surface area contributed by atoms with Crippen LogP contribution < -0.4 is 0 Å². The molecule has 3 heteroatoms. The van der Waals surface area contributed by atoms with Crippen molar-refractivity contribution >= 4 is 0 Å². The summed E-state index contributed by atoms with van der Waals surface area (Å²) in [4.78, 5) is 0. The van der Waals surface area contributed by atoms with Gasteiger partial charge in [0.1, 0.15) is 19.0 Å². The van der Waals surface area contributed by atoms with E-state index in [-0.39, 0.29) is 0 Å². The van der Waals surface area contributed by atoms with Crippen molar-refractivity contribution in [3.05, 3.63) is 0 Å². The van der Waals surface area contributed by atoms with E-state index in [1.54, 1.807) is 0 Å². The van der Waals surface area contributed by atoms with Gasteiger partial charge in [-0.1, -0.05) is 0 Å². The van der Waals surface area contributed by atoms with Gasteiger partial charge in [-0.25, -0.2) is 8.78 Å². The van der Waals surface area contributed by atoms with Crippen LogP contribution in [0.4, 0.5) is 8.78 Å². The Morgan fingerprint density at radius 2 is 2.14 bits per heavy atom. The average molecular weight is 110 g/mol. The highest BCUT2D eigenvalue weighted by Crippen LogP contribution is 1.96. The van der Waals surface area contributed by atoms with Crippen LogP contribution in [-0.4, -0.2) is 24.1 Å². The minimum absolute atomic E-state index is 1.00. The Bertz CT molecular complexity index is 47.0. The monoisotopic (exact) mass is 110 g/mol. The molecule has 7 heavy (non-hydrogen) atoms. The van der Waals surface area contributed by atoms with E-state index in [9.17, 15) is 8.78 Å². The minimum Gasteiger partial charge on any atom is -0.387 e. The summed E-state index contributed by atoms with van der Waals surface area (Å²) in [5.74, 6) is 0. The molecule has 2 unspecified atom stereocenters. The first-order valence-corrected chi connectivity index (χ1v) is 2.06. The molecule has 0 aliphatic heterocycles. The molecule has 0 aliphatic rings. The Kier molecular flexibility index (Phi) is 2.83. The largest absolute Gasteiger partial charge is 0.387 e. The maximum Gasteiger partial charge on any atom is 0.126 e. The van der Waals surface area contributed by atoms with Crippen LogP contribution in [0.3, 0.4) is 0 Å². The van der Waals surface area contributed by atoms with Gasteiger partial charge >= 0.3 is 0 Å². The fourth-order valence-electron chi connectivity index (χ4n) is 0.123. The summed E-state index contributed by atoms with van der Waals surface area (Å²) in [5, 5.41) is 8.19. The van der Waals surface area contributed by atoms with E-state index in [1.165, 1.54) is 0 Å². The summed E-state index contributed by atoms with van der Waals surface area (Å²) in [6.07, 6.45) is -2.88.